The first-order valence-electron chi connectivity index (χ1n) is 5.59. The molecule has 0 saturated carbocycles. The summed E-state index contributed by atoms with van der Waals surface area (Å²) in [6.07, 6.45) is 0.389. The third-order valence-electron chi connectivity index (χ3n) is 2.49. The Kier molecular flexibility index (Phi) is 5.40. The van der Waals surface area contributed by atoms with E-state index in [0.29, 0.717) is 18.7 Å². The Balaban J connectivity index is 3.10. The predicted molar refractivity (Wildman–Crippen MR) is 72.0 cm³/mol. The fourth-order valence-corrected chi connectivity index (χ4v) is 3.58. The van der Waals surface area contributed by atoms with Gasteiger partial charge in [0, 0.05) is 25.4 Å². The maximum Gasteiger partial charge on any atom is 0.244 e. The Morgan fingerprint density at radius 3 is 2.61 bits per heavy atom. The second kappa shape index (κ2) is 6.38. The van der Waals surface area contributed by atoms with Crippen LogP contribution in [-0.2, 0) is 10.0 Å². The minimum absolute atomic E-state index is 0.0400. The third kappa shape index (κ3) is 3.35. The molecular formula is C11H17ClN2O3S. The van der Waals surface area contributed by atoms with Crippen LogP contribution in [0.25, 0.3) is 0 Å². The van der Waals surface area contributed by atoms with Gasteiger partial charge in [0.15, 0.2) is 0 Å². The zero-order chi connectivity index (χ0) is 13.8. The number of aliphatic hydroxyl groups is 1. The number of benzene rings is 1. The van der Waals surface area contributed by atoms with Crippen LogP contribution in [0.2, 0.25) is 5.02 Å². The topological polar surface area (TPSA) is 83.6 Å². The lowest BCUT2D eigenvalue weighted by molar-refractivity contribution is 0.271. The van der Waals surface area contributed by atoms with Gasteiger partial charge in [0.25, 0.3) is 0 Å². The van der Waals surface area contributed by atoms with Crippen LogP contribution in [0.15, 0.2) is 23.1 Å². The van der Waals surface area contributed by atoms with E-state index in [1.54, 1.807) is 6.92 Å². The number of halogens is 1. The van der Waals surface area contributed by atoms with Crippen molar-refractivity contribution < 1.29 is 13.5 Å². The van der Waals surface area contributed by atoms with Crippen LogP contribution in [0.4, 0.5) is 5.69 Å². The zero-order valence-corrected chi connectivity index (χ0v) is 11.7. The molecule has 1 rings (SSSR count). The van der Waals surface area contributed by atoms with Crippen LogP contribution >= 0.6 is 11.6 Å². The molecule has 102 valence electrons. The Bertz CT molecular complexity index is 505. The quantitative estimate of drug-likeness (QED) is 0.775. The van der Waals surface area contributed by atoms with E-state index in [1.165, 1.54) is 22.5 Å². The Hall–Kier alpha value is -0.820. The van der Waals surface area contributed by atoms with E-state index in [2.05, 4.69) is 0 Å². The molecule has 0 radical (unpaired) electrons. The lowest BCUT2D eigenvalue weighted by atomic mass is 10.3. The zero-order valence-electron chi connectivity index (χ0n) is 10.1. The molecule has 0 fully saturated rings. The number of sulfonamides is 1. The molecule has 0 atom stereocenters. The van der Waals surface area contributed by atoms with Crippen LogP contribution in [0.3, 0.4) is 0 Å². The molecule has 0 aliphatic heterocycles. The molecular weight excluding hydrogens is 276 g/mol. The van der Waals surface area contributed by atoms with Crippen LogP contribution < -0.4 is 5.73 Å². The van der Waals surface area contributed by atoms with Gasteiger partial charge < -0.3 is 10.8 Å². The monoisotopic (exact) mass is 292 g/mol. The second-order valence-electron chi connectivity index (χ2n) is 3.76. The van der Waals surface area contributed by atoms with Crippen molar-refractivity contribution in [2.45, 2.75) is 18.2 Å². The molecule has 3 N–H and O–H groups in total. The van der Waals surface area contributed by atoms with Crippen LogP contribution in [0.1, 0.15) is 13.3 Å². The molecule has 0 bridgehead atoms. The normalized spacial score (nSPS) is 12.0. The summed E-state index contributed by atoms with van der Waals surface area (Å²) in [6, 6.07) is 4.31. The Morgan fingerprint density at radius 2 is 2.11 bits per heavy atom. The molecule has 0 aliphatic rings. The minimum Gasteiger partial charge on any atom is -0.399 e. The average Bonchev–Trinajstić information content (AvgIpc) is 2.29. The molecule has 0 aliphatic carbocycles. The summed E-state index contributed by atoms with van der Waals surface area (Å²) < 4.78 is 25.9. The van der Waals surface area contributed by atoms with Crippen LogP contribution in [0, 0.1) is 0 Å². The highest BCUT2D eigenvalue weighted by Gasteiger charge is 2.25. The molecule has 0 amide bonds. The highest BCUT2D eigenvalue weighted by Crippen LogP contribution is 2.26. The van der Waals surface area contributed by atoms with Gasteiger partial charge in [-0.3, -0.25) is 0 Å². The Labute approximate surface area is 112 Å². The van der Waals surface area contributed by atoms with Crippen molar-refractivity contribution in [3.63, 3.8) is 0 Å². The fraction of sp³-hybridized carbons (Fsp3) is 0.455. The van der Waals surface area contributed by atoms with Crippen LogP contribution in [0.5, 0.6) is 0 Å². The van der Waals surface area contributed by atoms with Gasteiger partial charge in [-0.25, -0.2) is 8.42 Å². The first-order chi connectivity index (χ1) is 8.43. The van der Waals surface area contributed by atoms with E-state index >= 15 is 0 Å². The number of hydrogen-bond donors (Lipinski definition) is 2. The van der Waals surface area contributed by atoms with E-state index in [4.69, 9.17) is 22.4 Å². The SMILES string of the molecule is CCN(CCCO)S(=O)(=O)c1ccc(N)cc1Cl. The van der Waals surface area contributed by atoms with Gasteiger partial charge in [0.1, 0.15) is 4.90 Å². The minimum atomic E-state index is -3.64. The van der Waals surface area contributed by atoms with Crippen molar-refractivity contribution in [3.8, 4) is 0 Å². The number of nitrogens with zero attached hydrogens (tertiary/aromatic N) is 1. The third-order valence-corrected chi connectivity index (χ3v) is 4.95. The number of aliphatic hydroxyl groups excluding tert-OH is 1. The molecule has 0 saturated heterocycles. The van der Waals surface area contributed by atoms with E-state index < -0.39 is 10.0 Å². The molecule has 5 nitrogen and oxygen atoms in total. The maximum absolute atomic E-state index is 12.3. The number of nitrogens with two attached hydrogens (primary N) is 1. The molecule has 1 aromatic carbocycles. The van der Waals surface area contributed by atoms with Gasteiger partial charge in [0.2, 0.25) is 10.0 Å². The fourth-order valence-electron chi connectivity index (χ4n) is 1.56. The van der Waals surface area contributed by atoms with Gasteiger partial charge in [0.05, 0.1) is 5.02 Å². The van der Waals surface area contributed by atoms with Gasteiger partial charge in [-0.2, -0.15) is 4.31 Å². The first-order valence-corrected chi connectivity index (χ1v) is 7.41. The summed E-state index contributed by atoms with van der Waals surface area (Å²) in [5, 5.41) is 8.88. The van der Waals surface area contributed by atoms with Gasteiger partial charge in [-0.15, -0.1) is 0 Å². The average molecular weight is 293 g/mol. The summed E-state index contributed by atoms with van der Waals surface area (Å²) in [6.45, 7) is 2.26. The van der Waals surface area contributed by atoms with Gasteiger partial charge in [-0.05, 0) is 24.6 Å². The largest absolute Gasteiger partial charge is 0.399 e. The first kappa shape index (κ1) is 15.2. The summed E-state index contributed by atoms with van der Waals surface area (Å²) in [5.41, 5.74) is 5.95. The molecule has 1 aromatic rings. The molecule has 7 heteroatoms. The summed E-state index contributed by atoms with van der Waals surface area (Å²) >= 11 is 5.91. The van der Waals surface area contributed by atoms with Crippen molar-refractivity contribution in [2.24, 2.45) is 0 Å². The van der Waals surface area contributed by atoms with E-state index in [-0.39, 0.29) is 23.1 Å². The molecule has 0 aromatic heterocycles. The van der Waals surface area contributed by atoms with Gasteiger partial charge >= 0.3 is 0 Å². The molecule has 0 heterocycles. The lowest BCUT2D eigenvalue weighted by Gasteiger charge is -2.20. The lowest BCUT2D eigenvalue weighted by Crippen LogP contribution is -2.32. The molecule has 0 spiro atoms. The van der Waals surface area contributed by atoms with Crippen molar-refractivity contribution in [1.82, 2.24) is 4.31 Å². The van der Waals surface area contributed by atoms with E-state index in [9.17, 15) is 8.42 Å². The van der Waals surface area contributed by atoms with Crippen molar-refractivity contribution >= 4 is 27.3 Å². The number of hydrogen-bond acceptors (Lipinski definition) is 4. The van der Waals surface area contributed by atoms with Crippen molar-refractivity contribution in [3.05, 3.63) is 23.2 Å². The maximum atomic E-state index is 12.3. The van der Waals surface area contributed by atoms with Crippen molar-refractivity contribution in [2.75, 3.05) is 25.4 Å². The van der Waals surface area contributed by atoms with Crippen LogP contribution in [-0.4, -0.2) is 37.5 Å². The Morgan fingerprint density at radius 1 is 1.44 bits per heavy atom. The second-order valence-corrected chi connectivity index (χ2v) is 6.08. The number of nitrogen functional groups attached to an aromatic ring is 1. The van der Waals surface area contributed by atoms with E-state index in [0.717, 1.165) is 0 Å². The summed E-state index contributed by atoms with van der Waals surface area (Å²) in [4.78, 5) is 0.0400. The number of anilines is 1. The molecule has 0 unspecified atom stereocenters. The van der Waals surface area contributed by atoms with Gasteiger partial charge in [-0.1, -0.05) is 18.5 Å². The summed E-state index contributed by atoms with van der Waals surface area (Å²) in [5.74, 6) is 0. The highest BCUT2D eigenvalue weighted by molar-refractivity contribution is 7.89. The summed E-state index contributed by atoms with van der Waals surface area (Å²) in [7, 11) is -3.64. The standard InChI is InChI=1S/C11H17ClN2O3S/c1-2-14(6-3-7-15)18(16,17)11-5-4-9(13)8-10(11)12/h4-5,8,15H,2-3,6-7,13H2,1H3. The highest BCUT2D eigenvalue weighted by atomic mass is 35.5. The number of rotatable bonds is 6. The predicted octanol–water partition coefficient (Wildman–Crippen LogP) is 1.32. The van der Waals surface area contributed by atoms with Crippen molar-refractivity contribution in [1.29, 1.82) is 0 Å². The molecule has 18 heavy (non-hydrogen) atoms. The smallest absolute Gasteiger partial charge is 0.244 e. The van der Waals surface area contributed by atoms with E-state index in [1.807, 2.05) is 0 Å².